The maximum Gasteiger partial charge on any atom is 0.180 e. The molecule has 1 aromatic carbocycles. The van der Waals surface area contributed by atoms with Crippen LogP contribution in [0.25, 0.3) is 0 Å². The Morgan fingerprint density at radius 3 is 2.20 bits per heavy atom. The summed E-state index contributed by atoms with van der Waals surface area (Å²) >= 11 is 0. The summed E-state index contributed by atoms with van der Waals surface area (Å²) in [6.07, 6.45) is 0.955. The molecule has 0 aliphatic rings. The van der Waals surface area contributed by atoms with Gasteiger partial charge in [0.1, 0.15) is 11.7 Å². The predicted octanol–water partition coefficient (Wildman–Crippen LogP) is 2.18. The predicted molar refractivity (Wildman–Crippen MR) is 74.4 cm³/mol. The van der Waals surface area contributed by atoms with Crippen LogP contribution in [0, 0.1) is 5.92 Å². The molecule has 0 spiro atoms. The fourth-order valence-electron chi connectivity index (χ4n) is 1.82. The standard InChI is InChI=1S/C16H16O4/c1-3-13(18)9-10-14(19)15(11(2)17)16(20)12-7-5-4-6-8-12/h3-8,15H,1,9-10H2,2H3. The van der Waals surface area contributed by atoms with Gasteiger partial charge in [-0.2, -0.15) is 0 Å². The fourth-order valence-corrected chi connectivity index (χ4v) is 1.82. The summed E-state index contributed by atoms with van der Waals surface area (Å²) in [6, 6.07) is 8.18. The molecular formula is C16H16O4. The first-order chi connectivity index (χ1) is 9.47. The summed E-state index contributed by atoms with van der Waals surface area (Å²) in [5.74, 6) is -3.16. The van der Waals surface area contributed by atoms with Crippen molar-refractivity contribution in [1.82, 2.24) is 0 Å². The van der Waals surface area contributed by atoms with Gasteiger partial charge in [0.15, 0.2) is 17.3 Å². The number of benzene rings is 1. The molecule has 0 heterocycles. The minimum Gasteiger partial charge on any atom is -0.299 e. The van der Waals surface area contributed by atoms with Gasteiger partial charge in [0.05, 0.1) is 0 Å². The summed E-state index contributed by atoms with van der Waals surface area (Å²) in [5.41, 5.74) is 0.316. The largest absolute Gasteiger partial charge is 0.299 e. The zero-order valence-corrected chi connectivity index (χ0v) is 11.3. The van der Waals surface area contributed by atoms with Gasteiger partial charge in [-0.3, -0.25) is 19.2 Å². The molecule has 0 aliphatic heterocycles. The van der Waals surface area contributed by atoms with Gasteiger partial charge in [-0.25, -0.2) is 0 Å². The van der Waals surface area contributed by atoms with Crippen molar-refractivity contribution < 1.29 is 19.2 Å². The van der Waals surface area contributed by atoms with E-state index in [2.05, 4.69) is 6.58 Å². The second kappa shape index (κ2) is 7.28. The average molecular weight is 272 g/mol. The fraction of sp³-hybridized carbons (Fsp3) is 0.250. The van der Waals surface area contributed by atoms with Crippen molar-refractivity contribution >= 4 is 23.1 Å². The minimum absolute atomic E-state index is 0.0335. The lowest BCUT2D eigenvalue weighted by molar-refractivity contribution is -0.130. The summed E-state index contributed by atoms with van der Waals surface area (Å²) in [6.45, 7) is 4.51. The highest BCUT2D eigenvalue weighted by atomic mass is 16.2. The van der Waals surface area contributed by atoms with Crippen LogP contribution in [-0.4, -0.2) is 23.1 Å². The number of carbonyl (C=O) groups excluding carboxylic acids is 4. The molecule has 0 bridgehead atoms. The number of rotatable bonds is 8. The van der Waals surface area contributed by atoms with Crippen LogP contribution in [0.2, 0.25) is 0 Å². The summed E-state index contributed by atoms with van der Waals surface area (Å²) in [4.78, 5) is 46.9. The van der Waals surface area contributed by atoms with Crippen LogP contribution in [-0.2, 0) is 14.4 Å². The van der Waals surface area contributed by atoms with E-state index < -0.39 is 23.3 Å². The van der Waals surface area contributed by atoms with Crippen molar-refractivity contribution in [2.24, 2.45) is 5.92 Å². The molecule has 104 valence electrons. The zero-order chi connectivity index (χ0) is 15.1. The Balaban J connectivity index is 2.86. The molecule has 0 saturated heterocycles. The van der Waals surface area contributed by atoms with E-state index in [0.29, 0.717) is 5.56 Å². The van der Waals surface area contributed by atoms with E-state index in [0.717, 1.165) is 6.08 Å². The van der Waals surface area contributed by atoms with E-state index >= 15 is 0 Å². The zero-order valence-electron chi connectivity index (χ0n) is 11.3. The van der Waals surface area contributed by atoms with Gasteiger partial charge in [-0.15, -0.1) is 0 Å². The Morgan fingerprint density at radius 2 is 1.70 bits per heavy atom. The Hall–Kier alpha value is -2.36. The van der Waals surface area contributed by atoms with Crippen molar-refractivity contribution in [3.63, 3.8) is 0 Å². The Labute approximate surface area is 117 Å². The van der Waals surface area contributed by atoms with Crippen molar-refractivity contribution in [3.8, 4) is 0 Å². The van der Waals surface area contributed by atoms with Gasteiger partial charge >= 0.3 is 0 Å². The molecule has 1 atom stereocenters. The van der Waals surface area contributed by atoms with E-state index in [4.69, 9.17) is 0 Å². The highest BCUT2D eigenvalue weighted by molar-refractivity contribution is 6.23. The van der Waals surface area contributed by atoms with Gasteiger partial charge < -0.3 is 0 Å². The summed E-state index contributed by atoms with van der Waals surface area (Å²) in [5, 5.41) is 0. The van der Waals surface area contributed by atoms with E-state index in [1.807, 2.05) is 0 Å². The van der Waals surface area contributed by atoms with E-state index in [-0.39, 0.29) is 18.6 Å². The van der Waals surface area contributed by atoms with Crippen molar-refractivity contribution in [2.75, 3.05) is 0 Å². The number of hydrogen-bond donors (Lipinski definition) is 0. The van der Waals surface area contributed by atoms with Gasteiger partial charge in [0.2, 0.25) is 0 Å². The van der Waals surface area contributed by atoms with Crippen molar-refractivity contribution in [3.05, 3.63) is 48.6 Å². The maximum atomic E-state index is 12.2. The molecule has 20 heavy (non-hydrogen) atoms. The second-order valence-corrected chi connectivity index (χ2v) is 4.41. The normalized spacial score (nSPS) is 11.4. The molecule has 4 heteroatoms. The molecule has 0 aliphatic carbocycles. The summed E-state index contributed by atoms with van der Waals surface area (Å²) < 4.78 is 0. The smallest absolute Gasteiger partial charge is 0.180 e. The quantitative estimate of drug-likeness (QED) is 0.413. The molecule has 0 N–H and O–H groups in total. The Bertz CT molecular complexity index is 543. The van der Waals surface area contributed by atoms with Crippen LogP contribution in [0.1, 0.15) is 30.1 Å². The molecule has 0 fully saturated rings. The third-order valence-electron chi connectivity index (χ3n) is 2.89. The lowest BCUT2D eigenvalue weighted by Crippen LogP contribution is -2.30. The SMILES string of the molecule is C=CC(=O)CCC(=O)C(C(C)=O)C(=O)c1ccccc1. The second-order valence-electron chi connectivity index (χ2n) is 4.41. The van der Waals surface area contributed by atoms with Crippen LogP contribution in [0.15, 0.2) is 43.0 Å². The molecule has 1 rings (SSSR count). The van der Waals surface area contributed by atoms with Crippen LogP contribution < -0.4 is 0 Å². The molecule has 1 unspecified atom stereocenters. The lowest BCUT2D eigenvalue weighted by Gasteiger charge is -2.11. The van der Waals surface area contributed by atoms with Crippen LogP contribution >= 0.6 is 0 Å². The average Bonchev–Trinajstić information content (AvgIpc) is 2.45. The third kappa shape index (κ3) is 4.09. The van der Waals surface area contributed by atoms with Crippen molar-refractivity contribution in [2.45, 2.75) is 19.8 Å². The third-order valence-corrected chi connectivity index (χ3v) is 2.89. The molecule has 0 radical (unpaired) electrons. The van der Waals surface area contributed by atoms with E-state index in [1.165, 1.54) is 6.92 Å². The number of ketones is 4. The number of allylic oxidation sites excluding steroid dienone is 1. The highest BCUT2D eigenvalue weighted by Crippen LogP contribution is 2.14. The monoisotopic (exact) mass is 272 g/mol. The maximum absolute atomic E-state index is 12.2. The molecule has 0 aromatic heterocycles. The first-order valence-corrected chi connectivity index (χ1v) is 6.25. The molecule has 4 nitrogen and oxygen atoms in total. The lowest BCUT2D eigenvalue weighted by atomic mass is 9.88. The van der Waals surface area contributed by atoms with Crippen LogP contribution in [0.3, 0.4) is 0 Å². The number of carbonyl (C=O) groups is 4. The molecule has 0 saturated carbocycles. The molecule has 1 aromatic rings. The number of Topliss-reactive ketones (excluding diaryl/α,β-unsaturated/α-hetero) is 3. The van der Waals surface area contributed by atoms with E-state index in [1.54, 1.807) is 30.3 Å². The first kappa shape index (κ1) is 15.7. The summed E-state index contributed by atoms with van der Waals surface area (Å²) in [7, 11) is 0. The Morgan fingerprint density at radius 1 is 1.10 bits per heavy atom. The first-order valence-electron chi connectivity index (χ1n) is 6.25. The molecular weight excluding hydrogens is 256 g/mol. The van der Waals surface area contributed by atoms with Gasteiger partial charge in [0.25, 0.3) is 0 Å². The van der Waals surface area contributed by atoms with Crippen LogP contribution in [0.5, 0.6) is 0 Å². The van der Waals surface area contributed by atoms with Crippen LogP contribution in [0.4, 0.5) is 0 Å². The minimum atomic E-state index is -1.32. The van der Waals surface area contributed by atoms with Crippen molar-refractivity contribution in [1.29, 1.82) is 0 Å². The van der Waals surface area contributed by atoms with E-state index in [9.17, 15) is 19.2 Å². The molecule has 0 amide bonds. The highest BCUT2D eigenvalue weighted by Gasteiger charge is 2.31. The number of hydrogen-bond acceptors (Lipinski definition) is 4. The van der Waals surface area contributed by atoms with Gasteiger partial charge in [-0.1, -0.05) is 36.9 Å². The Kier molecular flexibility index (Phi) is 5.72. The van der Waals surface area contributed by atoms with Gasteiger partial charge in [0, 0.05) is 18.4 Å². The topological polar surface area (TPSA) is 68.3 Å². The van der Waals surface area contributed by atoms with Gasteiger partial charge in [-0.05, 0) is 13.0 Å².